The van der Waals surface area contributed by atoms with Crippen LogP contribution in [0, 0.1) is 0 Å². The van der Waals surface area contributed by atoms with Crippen molar-refractivity contribution in [2.45, 2.75) is 50.2 Å². The Morgan fingerprint density at radius 3 is 2.60 bits per heavy atom. The molecule has 0 heterocycles. The average molecular weight is 346 g/mol. The first kappa shape index (κ1) is 17.7. The van der Waals surface area contributed by atoms with Gasteiger partial charge in [0.15, 0.2) is 0 Å². The molecule has 1 amide bonds. The van der Waals surface area contributed by atoms with Crippen LogP contribution < -0.4 is 10.1 Å². The standard InChI is InChI=1S/C19H26N2O4/c1-24-16-6-3-5-14(11-16)12-20-17(22)13-21(15-7-8-15)19(9-4-10-19)18(23)25-2/h3,5-6,11,15H,4,7-10,12-13H2,1-2H3,(H,20,22). The summed E-state index contributed by atoms with van der Waals surface area (Å²) in [6, 6.07) is 7.94. The smallest absolute Gasteiger partial charge is 0.326 e. The number of nitrogens with zero attached hydrogens (tertiary/aromatic N) is 1. The maximum absolute atomic E-state index is 12.5. The molecule has 1 N–H and O–H groups in total. The molecule has 0 radical (unpaired) electrons. The average Bonchev–Trinajstić information content (AvgIpc) is 3.43. The molecular weight excluding hydrogens is 320 g/mol. The van der Waals surface area contributed by atoms with Gasteiger partial charge >= 0.3 is 5.97 Å². The van der Waals surface area contributed by atoms with E-state index in [2.05, 4.69) is 10.2 Å². The number of carbonyl (C=O) groups excluding carboxylic acids is 2. The van der Waals surface area contributed by atoms with Crippen LogP contribution in [0.4, 0.5) is 0 Å². The summed E-state index contributed by atoms with van der Waals surface area (Å²) in [6.45, 7) is 0.684. The molecule has 0 aromatic heterocycles. The van der Waals surface area contributed by atoms with Crippen LogP contribution in [-0.4, -0.2) is 49.1 Å². The predicted molar refractivity (Wildman–Crippen MR) is 93.2 cm³/mol. The normalized spacial score (nSPS) is 18.4. The second-order valence-corrected chi connectivity index (χ2v) is 6.86. The first-order valence-electron chi connectivity index (χ1n) is 8.84. The molecule has 1 aromatic carbocycles. The van der Waals surface area contributed by atoms with Crippen molar-refractivity contribution in [2.75, 3.05) is 20.8 Å². The molecule has 2 aliphatic carbocycles. The summed E-state index contributed by atoms with van der Waals surface area (Å²) in [4.78, 5) is 26.9. The van der Waals surface area contributed by atoms with Crippen LogP contribution in [-0.2, 0) is 20.9 Å². The molecule has 0 bridgehead atoms. The van der Waals surface area contributed by atoms with Crippen LogP contribution in [0.25, 0.3) is 0 Å². The van der Waals surface area contributed by atoms with Crippen molar-refractivity contribution < 1.29 is 19.1 Å². The summed E-state index contributed by atoms with van der Waals surface area (Å²) < 4.78 is 10.2. The summed E-state index contributed by atoms with van der Waals surface area (Å²) in [7, 11) is 3.05. The summed E-state index contributed by atoms with van der Waals surface area (Å²) in [6.07, 6.45) is 4.65. The molecule has 3 rings (SSSR count). The Balaban J connectivity index is 1.60. The Kier molecular flexibility index (Phi) is 5.27. The highest BCUT2D eigenvalue weighted by Gasteiger charge is 2.54. The number of nitrogens with one attached hydrogen (secondary N) is 1. The van der Waals surface area contributed by atoms with Crippen LogP contribution in [0.15, 0.2) is 24.3 Å². The van der Waals surface area contributed by atoms with Gasteiger partial charge in [-0.25, -0.2) is 0 Å². The number of esters is 1. The van der Waals surface area contributed by atoms with E-state index in [9.17, 15) is 9.59 Å². The van der Waals surface area contributed by atoms with Gasteiger partial charge in [0, 0.05) is 12.6 Å². The van der Waals surface area contributed by atoms with E-state index in [1.165, 1.54) is 7.11 Å². The molecule has 1 aromatic rings. The zero-order valence-corrected chi connectivity index (χ0v) is 14.9. The number of methoxy groups -OCH3 is 2. The molecule has 0 aliphatic heterocycles. The van der Waals surface area contributed by atoms with Crippen molar-refractivity contribution in [3.8, 4) is 5.75 Å². The monoisotopic (exact) mass is 346 g/mol. The fourth-order valence-corrected chi connectivity index (χ4v) is 3.52. The van der Waals surface area contributed by atoms with E-state index in [1.54, 1.807) is 7.11 Å². The quantitative estimate of drug-likeness (QED) is 0.728. The van der Waals surface area contributed by atoms with Crippen molar-refractivity contribution in [2.24, 2.45) is 0 Å². The van der Waals surface area contributed by atoms with Crippen molar-refractivity contribution >= 4 is 11.9 Å². The van der Waals surface area contributed by atoms with Crippen LogP contribution in [0.2, 0.25) is 0 Å². The predicted octanol–water partition coefficient (Wildman–Crippen LogP) is 1.87. The maximum Gasteiger partial charge on any atom is 0.326 e. The van der Waals surface area contributed by atoms with Gasteiger partial charge in [0.2, 0.25) is 5.91 Å². The number of carbonyl (C=O) groups is 2. The van der Waals surface area contributed by atoms with Crippen molar-refractivity contribution in [1.82, 2.24) is 10.2 Å². The third kappa shape index (κ3) is 3.79. The highest BCUT2D eigenvalue weighted by molar-refractivity contribution is 5.84. The molecule has 25 heavy (non-hydrogen) atoms. The minimum Gasteiger partial charge on any atom is -0.497 e. The highest BCUT2D eigenvalue weighted by Crippen LogP contribution is 2.44. The van der Waals surface area contributed by atoms with Gasteiger partial charge in [0.05, 0.1) is 20.8 Å². The van der Waals surface area contributed by atoms with Crippen molar-refractivity contribution in [3.63, 3.8) is 0 Å². The second kappa shape index (κ2) is 7.44. The van der Waals surface area contributed by atoms with Gasteiger partial charge in [-0.15, -0.1) is 0 Å². The van der Waals surface area contributed by atoms with Gasteiger partial charge in [0.1, 0.15) is 11.3 Å². The lowest BCUT2D eigenvalue weighted by Gasteiger charge is -2.47. The molecular formula is C19H26N2O4. The molecule has 2 aliphatic rings. The van der Waals surface area contributed by atoms with Crippen LogP contribution in [0.3, 0.4) is 0 Å². The van der Waals surface area contributed by atoms with E-state index in [-0.39, 0.29) is 18.4 Å². The molecule has 2 fully saturated rings. The Morgan fingerprint density at radius 1 is 1.28 bits per heavy atom. The van der Waals surface area contributed by atoms with E-state index in [1.807, 2.05) is 24.3 Å². The van der Waals surface area contributed by atoms with Gasteiger partial charge in [0.25, 0.3) is 0 Å². The maximum atomic E-state index is 12.5. The second-order valence-electron chi connectivity index (χ2n) is 6.86. The highest BCUT2D eigenvalue weighted by atomic mass is 16.5. The molecule has 6 heteroatoms. The summed E-state index contributed by atoms with van der Waals surface area (Å²) in [5.41, 5.74) is 0.389. The van der Waals surface area contributed by atoms with Gasteiger partial charge < -0.3 is 14.8 Å². The Bertz CT molecular complexity index is 638. The van der Waals surface area contributed by atoms with E-state index >= 15 is 0 Å². The summed E-state index contributed by atoms with van der Waals surface area (Å²) in [5.74, 6) is 0.501. The lowest BCUT2D eigenvalue weighted by Crippen LogP contribution is -2.62. The number of benzene rings is 1. The minimum atomic E-state index is -0.594. The third-order valence-corrected chi connectivity index (χ3v) is 5.22. The number of hydrogen-bond acceptors (Lipinski definition) is 5. The number of hydrogen-bond donors (Lipinski definition) is 1. The fourth-order valence-electron chi connectivity index (χ4n) is 3.52. The van der Waals surface area contributed by atoms with Crippen LogP contribution in [0.1, 0.15) is 37.7 Å². The third-order valence-electron chi connectivity index (χ3n) is 5.22. The first-order valence-corrected chi connectivity index (χ1v) is 8.84. The lowest BCUT2D eigenvalue weighted by molar-refractivity contribution is -0.163. The largest absolute Gasteiger partial charge is 0.497 e. The number of rotatable bonds is 8. The van der Waals surface area contributed by atoms with Crippen LogP contribution in [0.5, 0.6) is 5.75 Å². The zero-order chi connectivity index (χ0) is 17.9. The Hall–Kier alpha value is -2.08. The molecule has 0 unspecified atom stereocenters. The van der Waals surface area contributed by atoms with Gasteiger partial charge in [-0.2, -0.15) is 0 Å². The number of ether oxygens (including phenoxy) is 2. The summed E-state index contributed by atoms with van der Waals surface area (Å²) >= 11 is 0. The van der Waals surface area contributed by atoms with Crippen molar-refractivity contribution in [3.05, 3.63) is 29.8 Å². The van der Waals surface area contributed by atoms with E-state index in [0.29, 0.717) is 12.6 Å². The first-order chi connectivity index (χ1) is 12.1. The Labute approximate surface area is 148 Å². The van der Waals surface area contributed by atoms with Gasteiger partial charge in [-0.1, -0.05) is 12.1 Å². The molecule has 0 spiro atoms. The minimum absolute atomic E-state index is 0.0649. The van der Waals surface area contributed by atoms with E-state index < -0.39 is 5.54 Å². The molecule has 0 saturated heterocycles. The Morgan fingerprint density at radius 2 is 2.04 bits per heavy atom. The van der Waals surface area contributed by atoms with Gasteiger partial charge in [-0.05, 0) is 49.8 Å². The zero-order valence-electron chi connectivity index (χ0n) is 14.9. The molecule has 0 atom stereocenters. The van der Waals surface area contributed by atoms with Gasteiger partial charge in [-0.3, -0.25) is 14.5 Å². The molecule has 2 saturated carbocycles. The lowest BCUT2D eigenvalue weighted by atomic mass is 9.75. The van der Waals surface area contributed by atoms with Crippen molar-refractivity contribution in [1.29, 1.82) is 0 Å². The molecule has 136 valence electrons. The number of amides is 1. The fraction of sp³-hybridized carbons (Fsp3) is 0.579. The van der Waals surface area contributed by atoms with E-state index in [0.717, 1.165) is 43.4 Å². The van der Waals surface area contributed by atoms with E-state index in [4.69, 9.17) is 9.47 Å². The topological polar surface area (TPSA) is 67.9 Å². The summed E-state index contributed by atoms with van der Waals surface area (Å²) in [5, 5.41) is 2.95. The molecule has 6 nitrogen and oxygen atoms in total. The SMILES string of the molecule is COC(=O)C1(N(CC(=O)NCc2cccc(OC)c2)C2CC2)CCC1. The van der Waals surface area contributed by atoms with Crippen LogP contribution >= 0.6 is 0 Å².